The molecule has 1 atom stereocenters. The highest BCUT2D eigenvalue weighted by atomic mass is 16.5. The fourth-order valence-corrected chi connectivity index (χ4v) is 2.70. The van der Waals surface area contributed by atoms with Crippen LogP contribution in [0.5, 0.6) is 5.75 Å². The summed E-state index contributed by atoms with van der Waals surface area (Å²) in [5.41, 5.74) is 1.19. The van der Waals surface area contributed by atoms with E-state index in [1.54, 1.807) is 7.11 Å². The Morgan fingerprint density at radius 3 is 2.59 bits per heavy atom. The lowest BCUT2D eigenvalue weighted by molar-refractivity contribution is -0.121. The summed E-state index contributed by atoms with van der Waals surface area (Å²) in [5, 5.41) is 3.06. The third kappa shape index (κ3) is 4.71. The summed E-state index contributed by atoms with van der Waals surface area (Å²) >= 11 is 0. The Hall–Kier alpha value is -1.59. The van der Waals surface area contributed by atoms with Crippen molar-refractivity contribution in [2.24, 2.45) is 0 Å². The molecule has 0 bridgehead atoms. The van der Waals surface area contributed by atoms with Gasteiger partial charge < -0.3 is 14.8 Å². The van der Waals surface area contributed by atoms with Crippen molar-refractivity contribution in [2.75, 3.05) is 40.0 Å². The average molecular weight is 306 g/mol. The van der Waals surface area contributed by atoms with Gasteiger partial charge in [0.15, 0.2) is 0 Å². The van der Waals surface area contributed by atoms with Gasteiger partial charge in [0.1, 0.15) is 5.75 Å². The van der Waals surface area contributed by atoms with E-state index in [4.69, 9.17) is 9.47 Å². The molecule has 1 fully saturated rings. The van der Waals surface area contributed by atoms with Crippen LogP contribution >= 0.6 is 0 Å². The maximum atomic E-state index is 11.8. The fraction of sp³-hybridized carbons (Fsp3) is 0.588. The van der Waals surface area contributed by atoms with E-state index >= 15 is 0 Å². The summed E-state index contributed by atoms with van der Waals surface area (Å²) in [7, 11) is 1.67. The molecule has 2 rings (SSSR count). The summed E-state index contributed by atoms with van der Waals surface area (Å²) in [6, 6.07) is 8.26. The second kappa shape index (κ2) is 8.76. The van der Waals surface area contributed by atoms with E-state index in [9.17, 15) is 4.79 Å². The van der Waals surface area contributed by atoms with Crippen molar-refractivity contribution >= 4 is 5.91 Å². The number of ether oxygens (including phenoxy) is 2. The highest BCUT2D eigenvalue weighted by Gasteiger charge is 2.23. The molecule has 1 heterocycles. The van der Waals surface area contributed by atoms with Crippen molar-refractivity contribution < 1.29 is 14.3 Å². The molecule has 1 aliphatic heterocycles. The predicted molar refractivity (Wildman–Crippen MR) is 86.0 cm³/mol. The minimum Gasteiger partial charge on any atom is -0.497 e. The van der Waals surface area contributed by atoms with Gasteiger partial charge in [0.25, 0.3) is 0 Å². The van der Waals surface area contributed by atoms with Crippen LogP contribution in [0.2, 0.25) is 0 Å². The first-order valence-electron chi connectivity index (χ1n) is 7.97. The van der Waals surface area contributed by atoms with E-state index in [-0.39, 0.29) is 11.9 Å². The van der Waals surface area contributed by atoms with Crippen LogP contribution in [-0.4, -0.2) is 50.8 Å². The second-order valence-electron chi connectivity index (χ2n) is 5.49. The Labute approximate surface area is 132 Å². The average Bonchev–Trinajstić information content (AvgIpc) is 2.57. The number of hydrogen-bond acceptors (Lipinski definition) is 4. The van der Waals surface area contributed by atoms with E-state index in [1.165, 1.54) is 5.56 Å². The van der Waals surface area contributed by atoms with Gasteiger partial charge in [0, 0.05) is 26.1 Å². The Morgan fingerprint density at radius 2 is 2.00 bits per heavy atom. The molecule has 0 radical (unpaired) electrons. The summed E-state index contributed by atoms with van der Waals surface area (Å²) in [4.78, 5) is 14.2. The number of carbonyl (C=O) groups is 1. The lowest BCUT2D eigenvalue weighted by Crippen LogP contribution is -2.43. The molecule has 1 amide bonds. The van der Waals surface area contributed by atoms with Gasteiger partial charge in [-0.1, -0.05) is 19.1 Å². The number of hydrogen-bond donors (Lipinski definition) is 1. The van der Waals surface area contributed by atoms with Crippen LogP contribution in [0.3, 0.4) is 0 Å². The largest absolute Gasteiger partial charge is 0.497 e. The van der Waals surface area contributed by atoms with Crippen molar-refractivity contribution in [2.45, 2.75) is 25.8 Å². The zero-order valence-corrected chi connectivity index (χ0v) is 13.5. The van der Waals surface area contributed by atoms with Crippen molar-refractivity contribution in [3.05, 3.63) is 29.8 Å². The van der Waals surface area contributed by atoms with Gasteiger partial charge in [0.05, 0.1) is 26.4 Å². The molecule has 1 saturated heterocycles. The highest BCUT2D eigenvalue weighted by molar-refractivity contribution is 5.75. The Kier molecular flexibility index (Phi) is 6.68. The van der Waals surface area contributed by atoms with Crippen molar-refractivity contribution in [3.8, 4) is 5.75 Å². The normalized spacial score (nSPS) is 17.0. The molecule has 0 saturated carbocycles. The molecule has 22 heavy (non-hydrogen) atoms. The molecule has 1 aromatic rings. The van der Waals surface area contributed by atoms with Gasteiger partial charge >= 0.3 is 0 Å². The minimum absolute atomic E-state index is 0.120. The van der Waals surface area contributed by atoms with Gasteiger partial charge in [0.2, 0.25) is 5.91 Å². The number of morpholine rings is 1. The smallest absolute Gasteiger partial charge is 0.220 e. The molecule has 0 aliphatic carbocycles. The zero-order chi connectivity index (χ0) is 15.8. The van der Waals surface area contributed by atoms with Gasteiger partial charge in [-0.25, -0.2) is 0 Å². The third-order valence-electron chi connectivity index (χ3n) is 3.96. The van der Waals surface area contributed by atoms with Crippen molar-refractivity contribution in [1.29, 1.82) is 0 Å². The van der Waals surface area contributed by atoms with E-state index in [2.05, 4.69) is 22.3 Å². The minimum atomic E-state index is 0.120. The molecule has 0 aromatic heterocycles. The van der Waals surface area contributed by atoms with E-state index in [0.717, 1.165) is 38.5 Å². The summed E-state index contributed by atoms with van der Waals surface area (Å²) < 4.78 is 10.7. The van der Waals surface area contributed by atoms with E-state index < -0.39 is 0 Å². The predicted octanol–water partition coefficient (Wildman–Crippen LogP) is 1.98. The molecule has 5 heteroatoms. The van der Waals surface area contributed by atoms with Crippen LogP contribution in [-0.2, 0) is 9.53 Å². The molecule has 1 aromatic carbocycles. The number of nitrogens with zero attached hydrogens (tertiary/aromatic N) is 1. The quantitative estimate of drug-likeness (QED) is 0.837. The van der Waals surface area contributed by atoms with Gasteiger partial charge in [-0.05, 0) is 24.1 Å². The van der Waals surface area contributed by atoms with Crippen LogP contribution in [0, 0.1) is 0 Å². The van der Waals surface area contributed by atoms with Gasteiger partial charge in [-0.2, -0.15) is 0 Å². The first-order chi connectivity index (χ1) is 10.7. The zero-order valence-electron chi connectivity index (χ0n) is 13.5. The lowest BCUT2D eigenvalue weighted by Gasteiger charge is -2.35. The van der Waals surface area contributed by atoms with Crippen LogP contribution in [0.1, 0.15) is 31.4 Å². The van der Waals surface area contributed by atoms with Crippen LogP contribution < -0.4 is 10.1 Å². The maximum Gasteiger partial charge on any atom is 0.220 e. The monoisotopic (exact) mass is 306 g/mol. The van der Waals surface area contributed by atoms with Crippen LogP contribution in [0.4, 0.5) is 0 Å². The lowest BCUT2D eigenvalue weighted by atomic mass is 10.0. The SMILES string of the molecule is CCCC(=O)NCC(c1ccc(OC)cc1)N1CCOCC1. The maximum absolute atomic E-state index is 11.8. The van der Waals surface area contributed by atoms with E-state index in [1.807, 2.05) is 19.1 Å². The van der Waals surface area contributed by atoms with Gasteiger partial charge in [-0.3, -0.25) is 9.69 Å². The summed E-state index contributed by atoms with van der Waals surface area (Å²) in [6.45, 7) is 5.92. The first kappa shape index (κ1) is 16.8. The van der Waals surface area contributed by atoms with Gasteiger partial charge in [-0.15, -0.1) is 0 Å². The Bertz CT molecular complexity index is 455. The van der Waals surface area contributed by atoms with Crippen molar-refractivity contribution in [3.63, 3.8) is 0 Å². The molecular weight excluding hydrogens is 280 g/mol. The van der Waals surface area contributed by atoms with Crippen LogP contribution in [0.25, 0.3) is 0 Å². The Balaban J connectivity index is 2.07. The standard InChI is InChI=1S/C17H26N2O3/c1-3-4-17(20)18-13-16(19-9-11-22-12-10-19)14-5-7-15(21-2)8-6-14/h5-8,16H,3-4,9-13H2,1-2H3,(H,18,20). The van der Waals surface area contributed by atoms with E-state index in [0.29, 0.717) is 13.0 Å². The number of carbonyl (C=O) groups excluding carboxylic acids is 1. The number of nitrogens with one attached hydrogen (secondary N) is 1. The number of methoxy groups -OCH3 is 1. The fourth-order valence-electron chi connectivity index (χ4n) is 2.70. The second-order valence-corrected chi connectivity index (χ2v) is 5.49. The highest BCUT2D eigenvalue weighted by Crippen LogP contribution is 2.23. The topological polar surface area (TPSA) is 50.8 Å². The first-order valence-corrected chi connectivity index (χ1v) is 7.97. The molecule has 1 N–H and O–H groups in total. The summed E-state index contributed by atoms with van der Waals surface area (Å²) in [6.07, 6.45) is 1.45. The molecule has 5 nitrogen and oxygen atoms in total. The number of amides is 1. The summed E-state index contributed by atoms with van der Waals surface area (Å²) in [5.74, 6) is 0.966. The Morgan fingerprint density at radius 1 is 1.32 bits per heavy atom. The van der Waals surface area contributed by atoms with Crippen LogP contribution in [0.15, 0.2) is 24.3 Å². The molecule has 0 spiro atoms. The number of rotatable bonds is 7. The molecule has 122 valence electrons. The molecule has 1 aliphatic rings. The number of benzene rings is 1. The molecular formula is C17H26N2O3. The van der Waals surface area contributed by atoms with Crippen molar-refractivity contribution in [1.82, 2.24) is 10.2 Å². The molecule has 1 unspecified atom stereocenters. The third-order valence-corrected chi connectivity index (χ3v) is 3.96.